The van der Waals surface area contributed by atoms with E-state index in [0.717, 1.165) is 40.4 Å². The van der Waals surface area contributed by atoms with Gasteiger partial charge in [0.15, 0.2) is 6.10 Å². The van der Waals surface area contributed by atoms with Gasteiger partial charge in [0.2, 0.25) is 0 Å². The number of aliphatic hydroxyl groups excluding tert-OH is 1. The van der Waals surface area contributed by atoms with Crippen LogP contribution in [0.3, 0.4) is 0 Å². The molecule has 2 N–H and O–H groups in total. The molecule has 1 fully saturated rings. The molecule has 0 bridgehead atoms. The molecular weight excluding hydrogens is 535 g/mol. The zero-order valence-corrected chi connectivity index (χ0v) is 20.1. The summed E-state index contributed by atoms with van der Waals surface area (Å²) < 4.78 is 40.0. The van der Waals surface area contributed by atoms with Gasteiger partial charge >= 0.3 is 6.18 Å². The molecule has 2 aromatic heterocycles. The summed E-state index contributed by atoms with van der Waals surface area (Å²) in [6.45, 7) is 0.139. The number of thiophene rings is 1. The fourth-order valence-electron chi connectivity index (χ4n) is 4.33. The Morgan fingerprint density at radius 2 is 2.06 bits per heavy atom. The van der Waals surface area contributed by atoms with Gasteiger partial charge in [-0.15, -0.1) is 11.3 Å². The van der Waals surface area contributed by atoms with E-state index in [2.05, 4.69) is 20.9 Å². The smallest absolute Gasteiger partial charge is 0.378 e. The molecular formula is C23H19BrF3N3O3S. The topological polar surface area (TPSA) is 86.3 Å². The van der Waals surface area contributed by atoms with Gasteiger partial charge in [-0.05, 0) is 52.5 Å². The Balaban J connectivity index is 1.38. The summed E-state index contributed by atoms with van der Waals surface area (Å²) in [7, 11) is 0. The first-order valence-corrected chi connectivity index (χ1v) is 12.3. The zero-order chi connectivity index (χ0) is 24.3. The molecule has 0 saturated heterocycles. The van der Waals surface area contributed by atoms with Gasteiger partial charge in [-0.25, -0.2) is 4.98 Å². The molecule has 2 aliphatic rings. The van der Waals surface area contributed by atoms with Gasteiger partial charge in [-0.2, -0.15) is 13.2 Å². The van der Waals surface area contributed by atoms with Crippen molar-refractivity contribution < 1.29 is 23.1 Å². The van der Waals surface area contributed by atoms with Crippen molar-refractivity contribution in [1.82, 2.24) is 14.9 Å². The number of H-pyrrole nitrogens is 1. The van der Waals surface area contributed by atoms with Crippen molar-refractivity contribution in [1.29, 1.82) is 0 Å². The van der Waals surface area contributed by atoms with Crippen LogP contribution in [0, 0.1) is 0 Å². The van der Waals surface area contributed by atoms with Gasteiger partial charge in [0.05, 0.1) is 28.8 Å². The Labute approximate surface area is 204 Å². The van der Waals surface area contributed by atoms with Crippen molar-refractivity contribution in [2.75, 3.05) is 6.54 Å². The van der Waals surface area contributed by atoms with Gasteiger partial charge in [-0.1, -0.05) is 12.1 Å². The SMILES string of the molecule is O=C([C@H](O)c1cccc(C(F)(F)F)c1)N1CCc2nc(C3(c4cc(Br)cs4)CC3)[nH]c(=O)c2C1. The van der Waals surface area contributed by atoms with E-state index in [-0.39, 0.29) is 29.6 Å². The lowest BCUT2D eigenvalue weighted by molar-refractivity contribution is -0.142. The second-order valence-electron chi connectivity index (χ2n) is 8.59. The van der Waals surface area contributed by atoms with Crippen LogP contribution in [0.2, 0.25) is 0 Å². The monoisotopic (exact) mass is 553 g/mol. The van der Waals surface area contributed by atoms with E-state index in [1.165, 1.54) is 11.0 Å². The predicted molar refractivity (Wildman–Crippen MR) is 122 cm³/mol. The number of nitrogens with one attached hydrogen (secondary N) is 1. The minimum atomic E-state index is -4.59. The van der Waals surface area contributed by atoms with Crippen LogP contribution < -0.4 is 5.56 Å². The van der Waals surface area contributed by atoms with E-state index in [9.17, 15) is 27.9 Å². The first-order chi connectivity index (χ1) is 16.1. The highest BCUT2D eigenvalue weighted by Gasteiger charge is 2.50. The number of fused-ring (bicyclic) bond motifs is 1. The number of halogens is 4. The number of rotatable bonds is 4. The van der Waals surface area contributed by atoms with E-state index in [1.54, 1.807) is 11.3 Å². The zero-order valence-electron chi connectivity index (χ0n) is 17.7. The van der Waals surface area contributed by atoms with Crippen LogP contribution in [-0.4, -0.2) is 32.4 Å². The third kappa shape index (κ3) is 4.09. The maximum atomic E-state index is 13.0. The molecule has 3 heterocycles. The summed E-state index contributed by atoms with van der Waals surface area (Å²) in [5.74, 6) is -0.134. The van der Waals surface area contributed by atoms with E-state index in [4.69, 9.17) is 4.98 Å². The van der Waals surface area contributed by atoms with Crippen LogP contribution in [0.25, 0.3) is 0 Å². The summed E-state index contributed by atoms with van der Waals surface area (Å²) in [4.78, 5) is 35.8. The summed E-state index contributed by atoms with van der Waals surface area (Å²) in [5, 5.41) is 12.5. The minimum absolute atomic E-state index is 0.0651. The largest absolute Gasteiger partial charge is 0.416 e. The maximum Gasteiger partial charge on any atom is 0.416 e. The molecule has 3 aromatic rings. The fraction of sp³-hybridized carbons (Fsp3) is 0.348. The lowest BCUT2D eigenvalue weighted by atomic mass is 10.0. The number of carbonyl (C=O) groups excluding carboxylic acids is 1. The number of carbonyl (C=O) groups is 1. The van der Waals surface area contributed by atoms with Gasteiger partial charge in [-0.3, -0.25) is 9.59 Å². The van der Waals surface area contributed by atoms with E-state index in [1.807, 2.05) is 11.4 Å². The van der Waals surface area contributed by atoms with Crippen molar-refractivity contribution in [2.45, 2.75) is 43.5 Å². The molecule has 1 atom stereocenters. The van der Waals surface area contributed by atoms with Gasteiger partial charge in [0.25, 0.3) is 11.5 Å². The maximum absolute atomic E-state index is 13.0. The highest BCUT2D eigenvalue weighted by molar-refractivity contribution is 9.10. The number of aliphatic hydroxyl groups is 1. The molecule has 1 aliphatic carbocycles. The molecule has 6 nitrogen and oxygen atoms in total. The Kier molecular flexibility index (Phi) is 5.69. The Hall–Kier alpha value is -2.50. The minimum Gasteiger partial charge on any atom is -0.378 e. The Bertz CT molecular complexity index is 1330. The van der Waals surface area contributed by atoms with Crippen molar-refractivity contribution in [3.05, 3.63) is 83.6 Å². The lowest BCUT2D eigenvalue weighted by Gasteiger charge is -2.30. The van der Waals surface area contributed by atoms with Gasteiger partial charge < -0.3 is 15.0 Å². The van der Waals surface area contributed by atoms with E-state index in [0.29, 0.717) is 23.5 Å². The number of hydrogen-bond acceptors (Lipinski definition) is 5. The van der Waals surface area contributed by atoms with Gasteiger partial charge in [0.1, 0.15) is 5.82 Å². The number of aromatic amines is 1. The molecule has 1 amide bonds. The second kappa shape index (κ2) is 8.31. The molecule has 34 heavy (non-hydrogen) atoms. The van der Waals surface area contributed by atoms with Crippen LogP contribution >= 0.6 is 27.3 Å². The van der Waals surface area contributed by atoms with Crippen molar-refractivity contribution in [3.8, 4) is 0 Å². The second-order valence-corrected chi connectivity index (χ2v) is 10.4. The Morgan fingerprint density at radius 1 is 1.29 bits per heavy atom. The first-order valence-electron chi connectivity index (χ1n) is 10.6. The molecule has 0 radical (unpaired) electrons. The van der Waals surface area contributed by atoms with Crippen molar-refractivity contribution in [3.63, 3.8) is 0 Å². The summed E-state index contributed by atoms with van der Waals surface area (Å²) in [6, 6.07) is 6.10. The molecule has 1 aromatic carbocycles. The summed E-state index contributed by atoms with van der Waals surface area (Å²) >= 11 is 5.07. The number of nitrogens with zero attached hydrogens (tertiary/aromatic N) is 2. The fourth-order valence-corrected chi connectivity index (χ4v) is 6.02. The molecule has 11 heteroatoms. The number of hydrogen-bond donors (Lipinski definition) is 2. The van der Waals surface area contributed by atoms with Crippen molar-refractivity contribution in [2.24, 2.45) is 0 Å². The highest BCUT2D eigenvalue weighted by Crippen LogP contribution is 2.54. The standard InChI is InChI=1S/C23H19BrF3N3O3S/c24-14-9-17(34-11-14)22(5-6-22)21-28-16-4-7-30(10-15(16)19(32)29-21)20(33)18(31)12-2-1-3-13(8-12)23(25,26)27/h1-3,8-9,11,18,31H,4-7,10H2,(H,28,29,32)/t18-/m1/s1. The van der Waals surface area contributed by atoms with Crippen LogP contribution in [-0.2, 0) is 29.4 Å². The number of alkyl halides is 3. The normalized spacial score (nSPS) is 17.9. The third-order valence-electron chi connectivity index (χ3n) is 6.39. The first kappa shape index (κ1) is 23.3. The van der Waals surface area contributed by atoms with Crippen molar-refractivity contribution >= 4 is 33.2 Å². The van der Waals surface area contributed by atoms with Crippen LogP contribution in [0.5, 0.6) is 0 Å². The van der Waals surface area contributed by atoms with Crippen LogP contribution in [0.1, 0.15) is 52.0 Å². The molecule has 0 spiro atoms. The van der Waals surface area contributed by atoms with E-state index < -0.39 is 23.8 Å². The average Bonchev–Trinajstić information content (AvgIpc) is 3.51. The molecule has 0 unspecified atom stereocenters. The highest BCUT2D eigenvalue weighted by atomic mass is 79.9. The predicted octanol–water partition coefficient (Wildman–Crippen LogP) is 4.31. The van der Waals surface area contributed by atoms with Gasteiger partial charge in [0, 0.05) is 27.7 Å². The number of aromatic nitrogens is 2. The number of benzene rings is 1. The molecule has 1 aliphatic heterocycles. The third-order valence-corrected chi connectivity index (χ3v) is 8.28. The lowest BCUT2D eigenvalue weighted by Crippen LogP contribution is -2.42. The van der Waals surface area contributed by atoms with Crippen LogP contribution in [0.15, 0.2) is 45.0 Å². The number of amides is 1. The molecule has 1 saturated carbocycles. The quantitative estimate of drug-likeness (QED) is 0.504. The van der Waals surface area contributed by atoms with E-state index >= 15 is 0 Å². The summed E-state index contributed by atoms with van der Waals surface area (Å²) in [6.07, 6.45) is -4.26. The molecule has 178 valence electrons. The average molecular weight is 554 g/mol. The Morgan fingerprint density at radius 3 is 2.71 bits per heavy atom. The molecule has 5 rings (SSSR count). The van der Waals surface area contributed by atoms with Crippen LogP contribution in [0.4, 0.5) is 13.2 Å². The summed E-state index contributed by atoms with van der Waals surface area (Å²) in [5.41, 5.74) is -0.780.